The van der Waals surface area contributed by atoms with E-state index >= 15 is 0 Å². The fourth-order valence-corrected chi connectivity index (χ4v) is 4.00. The van der Waals surface area contributed by atoms with Gasteiger partial charge in [-0.2, -0.15) is 0 Å². The van der Waals surface area contributed by atoms with Crippen molar-refractivity contribution >= 4 is 15.9 Å². The number of amides is 1. The number of aromatic nitrogens is 1. The Morgan fingerprint density at radius 3 is 2.54 bits per heavy atom. The minimum Gasteiger partial charge on any atom is -0.441 e. The van der Waals surface area contributed by atoms with E-state index in [9.17, 15) is 22.0 Å². The van der Waals surface area contributed by atoms with Gasteiger partial charge in [0.05, 0.1) is 18.0 Å². The molecule has 28 heavy (non-hydrogen) atoms. The van der Waals surface area contributed by atoms with Gasteiger partial charge in [0.1, 0.15) is 11.6 Å². The average Bonchev–Trinajstić information content (AvgIpc) is 3.08. The first-order chi connectivity index (χ1) is 13.2. The van der Waals surface area contributed by atoms with Crippen molar-refractivity contribution in [3.63, 3.8) is 0 Å². The predicted molar refractivity (Wildman–Crippen MR) is 97.8 cm³/mol. The van der Waals surface area contributed by atoms with Crippen LogP contribution in [0.1, 0.15) is 25.2 Å². The summed E-state index contributed by atoms with van der Waals surface area (Å²) < 4.78 is 57.3. The van der Waals surface area contributed by atoms with Crippen LogP contribution in [0.3, 0.4) is 0 Å². The molecule has 7 nitrogen and oxygen atoms in total. The Hall–Kier alpha value is -2.33. The molecule has 3 rings (SSSR count). The quantitative estimate of drug-likeness (QED) is 0.783. The molecule has 1 aromatic carbocycles. The van der Waals surface area contributed by atoms with Gasteiger partial charge in [0.2, 0.25) is 15.9 Å². The van der Waals surface area contributed by atoms with Gasteiger partial charge in [-0.15, -0.1) is 0 Å². The second-order valence-electron chi connectivity index (χ2n) is 6.72. The molecule has 0 unspecified atom stereocenters. The lowest BCUT2D eigenvalue weighted by Crippen LogP contribution is -2.46. The number of oxazole rings is 1. The molecule has 152 valence electrons. The number of halogens is 2. The fourth-order valence-electron chi connectivity index (χ4n) is 3.13. The lowest BCUT2D eigenvalue weighted by atomic mass is 10.1. The summed E-state index contributed by atoms with van der Waals surface area (Å²) in [5.74, 6) is -1.53. The Morgan fingerprint density at radius 1 is 1.29 bits per heavy atom. The van der Waals surface area contributed by atoms with E-state index in [0.717, 1.165) is 12.1 Å². The highest BCUT2D eigenvalue weighted by Crippen LogP contribution is 2.26. The Morgan fingerprint density at radius 2 is 1.93 bits per heavy atom. The van der Waals surface area contributed by atoms with Crippen LogP contribution in [0.5, 0.6) is 0 Å². The number of carbonyl (C=O) groups is 1. The fraction of sp³-hybridized carbons (Fsp3) is 0.444. The van der Waals surface area contributed by atoms with Gasteiger partial charge >= 0.3 is 0 Å². The molecule has 1 N–H and O–H groups in total. The Kier molecular flexibility index (Phi) is 6.09. The van der Waals surface area contributed by atoms with Crippen LogP contribution >= 0.6 is 0 Å². The molecule has 1 amide bonds. The van der Waals surface area contributed by atoms with Crippen LogP contribution in [0.2, 0.25) is 0 Å². The van der Waals surface area contributed by atoms with E-state index in [1.165, 1.54) is 22.8 Å². The molecule has 0 saturated carbocycles. The third-order valence-electron chi connectivity index (χ3n) is 4.62. The summed E-state index contributed by atoms with van der Waals surface area (Å²) in [6.45, 7) is 0.752. The SMILES string of the molecule is CS(=O)(=O)N1CCC(NC(=O)CCc2ncc(-c3c(F)cccc3F)o2)CC1. The predicted octanol–water partition coefficient (Wildman–Crippen LogP) is 2.09. The van der Waals surface area contributed by atoms with Crippen LogP contribution in [0, 0.1) is 11.6 Å². The Balaban J connectivity index is 1.50. The standard InChI is InChI=1S/C18H21F2N3O4S/c1-28(25,26)23-9-7-12(8-10-23)22-16(24)5-6-17-21-11-15(27-17)18-13(19)3-2-4-14(18)20/h2-4,11-12H,5-10H2,1H3,(H,22,24). The highest BCUT2D eigenvalue weighted by molar-refractivity contribution is 7.88. The first-order valence-corrected chi connectivity index (χ1v) is 10.7. The van der Waals surface area contributed by atoms with Gasteiger partial charge in [0.25, 0.3) is 0 Å². The molecule has 1 fully saturated rings. The van der Waals surface area contributed by atoms with Crippen molar-refractivity contribution < 1.29 is 26.4 Å². The molecular formula is C18H21F2N3O4S. The number of hydrogen-bond donors (Lipinski definition) is 1. The van der Waals surface area contributed by atoms with Crippen molar-refractivity contribution in [1.29, 1.82) is 0 Å². The van der Waals surface area contributed by atoms with Crippen LogP contribution in [0.25, 0.3) is 11.3 Å². The Bertz CT molecular complexity index is 933. The maximum atomic E-state index is 13.8. The zero-order valence-corrected chi connectivity index (χ0v) is 16.1. The summed E-state index contributed by atoms with van der Waals surface area (Å²) in [6.07, 6.45) is 3.79. The van der Waals surface area contributed by atoms with Gasteiger partial charge < -0.3 is 9.73 Å². The molecule has 1 saturated heterocycles. The molecule has 2 aromatic rings. The van der Waals surface area contributed by atoms with Crippen molar-refractivity contribution in [2.24, 2.45) is 0 Å². The van der Waals surface area contributed by atoms with Gasteiger partial charge in [-0.05, 0) is 25.0 Å². The van der Waals surface area contributed by atoms with Crippen LogP contribution in [-0.2, 0) is 21.2 Å². The number of benzene rings is 1. The maximum Gasteiger partial charge on any atom is 0.220 e. The second kappa shape index (κ2) is 8.36. The van der Waals surface area contributed by atoms with Crippen molar-refractivity contribution in [3.8, 4) is 11.3 Å². The highest BCUT2D eigenvalue weighted by Gasteiger charge is 2.25. The third kappa shape index (κ3) is 4.93. The molecule has 2 heterocycles. The Labute approximate surface area is 161 Å². The summed E-state index contributed by atoms with van der Waals surface area (Å²) in [4.78, 5) is 16.1. The van der Waals surface area contributed by atoms with E-state index in [1.807, 2.05) is 0 Å². The highest BCUT2D eigenvalue weighted by atomic mass is 32.2. The van der Waals surface area contributed by atoms with Crippen molar-refractivity contribution in [3.05, 3.63) is 41.9 Å². The third-order valence-corrected chi connectivity index (χ3v) is 5.92. The first kappa shape index (κ1) is 20.4. The van der Waals surface area contributed by atoms with Gasteiger partial charge in [-0.3, -0.25) is 4.79 Å². The molecule has 0 radical (unpaired) electrons. The number of sulfonamides is 1. The summed E-state index contributed by atoms with van der Waals surface area (Å²) in [5, 5.41) is 2.87. The largest absolute Gasteiger partial charge is 0.441 e. The van der Waals surface area contributed by atoms with E-state index in [2.05, 4.69) is 10.3 Å². The number of aryl methyl sites for hydroxylation is 1. The molecule has 1 aliphatic heterocycles. The van der Waals surface area contributed by atoms with E-state index < -0.39 is 21.7 Å². The van der Waals surface area contributed by atoms with Gasteiger partial charge in [0.15, 0.2) is 11.7 Å². The molecule has 0 atom stereocenters. The van der Waals surface area contributed by atoms with E-state index in [4.69, 9.17) is 4.42 Å². The zero-order valence-electron chi connectivity index (χ0n) is 15.3. The monoisotopic (exact) mass is 413 g/mol. The van der Waals surface area contributed by atoms with Crippen molar-refractivity contribution in [2.75, 3.05) is 19.3 Å². The van der Waals surface area contributed by atoms with Crippen molar-refractivity contribution in [1.82, 2.24) is 14.6 Å². The van der Waals surface area contributed by atoms with Crippen LogP contribution in [-0.4, -0.2) is 49.0 Å². The van der Waals surface area contributed by atoms with Crippen molar-refractivity contribution in [2.45, 2.75) is 31.7 Å². The lowest BCUT2D eigenvalue weighted by Gasteiger charge is -2.30. The number of carbonyl (C=O) groups excluding carboxylic acids is 1. The number of nitrogens with one attached hydrogen (secondary N) is 1. The molecule has 0 aliphatic carbocycles. The summed E-state index contributed by atoms with van der Waals surface area (Å²) >= 11 is 0. The summed E-state index contributed by atoms with van der Waals surface area (Å²) in [7, 11) is -3.20. The average molecular weight is 413 g/mol. The second-order valence-corrected chi connectivity index (χ2v) is 8.70. The molecule has 10 heteroatoms. The van der Waals surface area contributed by atoms with Crippen LogP contribution in [0.4, 0.5) is 8.78 Å². The normalized spacial score (nSPS) is 16.2. The van der Waals surface area contributed by atoms with E-state index in [-0.39, 0.29) is 42.0 Å². The number of piperidine rings is 1. The van der Waals surface area contributed by atoms with Gasteiger partial charge in [-0.25, -0.2) is 26.5 Å². The molecule has 0 bridgehead atoms. The van der Waals surface area contributed by atoms with E-state index in [0.29, 0.717) is 25.9 Å². The number of hydrogen-bond acceptors (Lipinski definition) is 5. The summed E-state index contributed by atoms with van der Waals surface area (Å²) in [5.41, 5.74) is -0.289. The minimum absolute atomic E-state index is 0.0286. The number of nitrogens with zero attached hydrogens (tertiary/aromatic N) is 2. The van der Waals surface area contributed by atoms with Crippen LogP contribution < -0.4 is 5.32 Å². The van der Waals surface area contributed by atoms with Gasteiger partial charge in [0, 0.05) is 32.0 Å². The zero-order chi connectivity index (χ0) is 20.3. The maximum absolute atomic E-state index is 13.8. The molecule has 1 aromatic heterocycles. The minimum atomic E-state index is -3.20. The summed E-state index contributed by atoms with van der Waals surface area (Å²) in [6, 6.07) is 3.43. The smallest absolute Gasteiger partial charge is 0.220 e. The first-order valence-electron chi connectivity index (χ1n) is 8.87. The van der Waals surface area contributed by atoms with Gasteiger partial charge in [-0.1, -0.05) is 6.07 Å². The molecular weight excluding hydrogens is 392 g/mol. The molecule has 1 aliphatic rings. The lowest BCUT2D eigenvalue weighted by molar-refractivity contribution is -0.122. The number of rotatable bonds is 6. The van der Waals surface area contributed by atoms with E-state index in [1.54, 1.807) is 0 Å². The topological polar surface area (TPSA) is 92.5 Å². The van der Waals surface area contributed by atoms with Crippen LogP contribution in [0.15, 0.2) is 28.8 Å². The molecule has 0 spiro atoms.